The van der Waals surface area contributed by atoms with Crippen LogP contribution in [0.5, 0.6) is 0 Å². The highest BCUT2D eigenvalue weighted by atomic mass is 14.0. The molecule has 1 aromatic rings. The lowest BCUT2D eigenvalue weighted by Gasteiger charge is -2.04. The topological polar surface area (TPSA) is 0 Å². The van der Waals surface area contributed by atoms with E-state index >= 15 is 0 Å². The Balaban J connectivity index is 2.94. The summed E-state index contributed by atoms with van der Waals surface area (Å²) in [6, 6.07) is 8.40. The number of hydrogen-bond acceptors (Lipinski definition) is 0. The number of rotatable bonds is 3. The Bertz CT molecular complexity index is 367. The fourth-order valence-corrected chi connectivity index (χ4v) is 1.38. The third-order valence-electron chi connectivity index (χ3n) is 2.16. The Hall–Kier alpha value is -1.56. The summed E-state index contributed by atoms with van der Waals surface area (Å²) in [7, 11) is 0. The summed E-state index contributed by atoms with van der Waals surface area (Å²) >= 11 is 0. The number of aryl methyl sites for hydroxylation is 1. The van der Waals surface area contributed by atoms with Gasteiger partial charge in [-0.25, -0.2) is 0 Å². The van der Waals surface area contributed by atoms with E-state index in [-0.39, 0.29) is 0 Å². The summed E-state index contributed by atoms with van der Waals surface area (Å²) < 4.78 is 0. The predicted molar refractivity (Wildman–Crippen MR) is 64.2 cm³/mol. The highest BCUT2D eigenvalue weighted by Gasteiger charge is 1.96. The van der Waals surface area contributed by atoms with Crippen LogP contribution in [0.2, 0.25) is 0 Å². The van der Waals surface area contributed by atoms with Gasteiger partial charge in [-0.3, -0.25) is 0 Å². The predicted octanol–water partition coefficient (Wildman–Crippen LogP) is 4.14. The van der Waals surface area contributed by atoms with E-state index in [0.29, 0.717) is 0 Å². The van der Waals surface area contributed by atoms with Gasteiger partial charge in [0.25, 0.3) is 0 Å². The van der Waals surface area contributed by atoms with E-state index in [1.807, 2.05) is 12.2 Å². The van der Waals surface area contributed by atoms with Crippen molar-refractivity contribution in [1.29, 1.82) is 0 Å². The first kappa shape index (κ1) is 10.5. The molecular formula is C14H16. The third-order valence-corrected chi connectivity index (χ3v) is 2.16. The van der Waals surface area contributed by atoms with Gasteiger partial charge in [0, 0.05) is 0 Å². The van der Waals surface area contributed by atoms with Gasteiger partial charge in [-0.15, -0.1) is 0 Å². The molecule has 0 spiro atoms. The Labute approximate surface area is 86.3 Å². The van der Waals surface area contributed by atoms with Crippen molar-refractivity contribution in [2.45, 2.75) is 13.8 Å². The lowest BCUT2D eigenvalue weighted by molar-refractivity contribution is 1.41. The molecule has 0 aliphatic heterocycles. The van der Waals surface area contributed by atoms with Gasteiger partial charge >= 0.3 is 0 Å². The monoisotopic (exact) mass is 184 g/mol. The lowest BCUT2D eigenvalue weighted by atomic mass is 10.0. The van der Waals surface area contributed by atoms with Crippen molar-refractivity contribution in [2.24, 2.45) is 0 Å². The summed E-state index contributed by atoms with van der Waals surface area (Å²) in [4.78, 5) is 0. The summed E-state index contributed by atoms with van der Waals surface area (Å²) in [5, 5.41) is 0. The molecule has 1 rings (SSSR count). The number of hydrogen-bond donors (Lipinski definition) is 0. The van der Waals surface area contributed by atoms with Crippen LogP contribution in [0, 0.1) is 6.92 Å². The fourth-order valence-electron chi connectivity index (χ4n) is 1.38. The zero-order valence-corrected chi connectivity index (χ0v) is 8.83. The van der Waals surface area contributed by atoms with Gasteiger partial charge < -0.3 is 0 Å². The molecular weight excluding hydrogens is 168 g/mol. The minimum Gasteiger partial charge on any atom is -0.0991 e. The summed E-state index contributed by atoms with van der Waals surface area (Å²) in [5.74, 6) is 0. The molecule has 0 saturated heterocycles. The summed E-state index contributed by atoms with van der Waals surface area (Å²) in [6.07, 6.45) is 7.82. The number of benzene rings is 1. The molecule has 0 saturated carbocycles. The van der Waals surface area contributed by atoms with E-state index < -0.39 is 0 Å². The zero-order chi connectivity index (χ0) is 10.4. The minimum atomic E-state index is 1.28. The second kappa shape index (κ2) is 5.23. The van der Waals surface area contributed by atoms with Gasteiger partial charge in [-0.05, 0) is 30.5 Å². The van der Waals surface area contributed by atoms with Crippen molar-refractivity contribution in [3.05, 3.63) is 66.3 Å². The fraction of sp³-hybridized carbons (Fsp3) is 0.143. The van der Waals surface area contributed by atoms with Gasteiger partial charge in [0.15, 0.2) is 0 Å². The van der Waals surface area contributed by atoms with Crippen LogP contribution in [0.15, 0.2) is 55.1 Å². The molecule has 0 N–H and O–H groups in total. The Morgan fingerprint density at radius 1 is 1.21 bits per heavy atom. The quantitative estimate of drug-likeness (QED) is 0.619. The molecule has 0 heteroatoms. The molecule has 0 unspecified atom stereocenters. The summed E-state index contributed by atoms with van der Waals surface area (Å²) in [6.45, 7) is 7.88. The molecule has 72 valence electrons. The van der Waals surface area contributed by atoms with Crippen LogP contribution in [0.4, 0.5) is 0 Å². The van der Waals surface area contributed by atoms with Crippen molar-refractivity contribution < 1.29 is 0 Å². The maximum Gasteiger partial charge on any atom is -0.0198 e. The highest BCUT2D eigenvalue weighted by molar-refractivity contribution is 5.67. The Kier molecular flexibility index (Phi) is 3.93. The standard InChI is InChI=1S/C14H16/c1-4-5-6-9-12(2)14-11-8-7-10-13(14)3/h4-11H,1H2,2-3H3/b6-5-,12-9+. The SMILES string of the molecule is C=C/C=C\C=C(/C)c1ccccc1C. The second-order valence-electron chi connectivity index (χ2n) is 3.29. The second-order valence-corrected chi connectivity index (χ2v) is 3.29. The van der Waals surface area contributed by atoms with Crippen molar-refractivity contribution in [3.63, 3.8) is 0 Å². The lowest BCUT2D eigenvalue weighted by Crippen LogP contribution is -1.83. The van der Waals surface area contributed by atoms with Crippen molar-refractivity contribution >= 4 is 5.57 Å². The first-order valence-electron chi connectivity index (χ1n) is 4.77. The largest absolute Gasteiger partial charge is 0.0991 e. The average Bonchev–Trinajstić information content (AvgIpc) is 2.18. The van der Waals surface area contributed by atoms with Crippen molar-refractivity contribution in [3.8, 4) is 0 Å². The van der Waals surface area contributed by atoms with Crippen LogP contribution in [0.1, 0.15) is 18.1 Å². The molecule has 0 heterocycles. The van der Waals surface area contributed by atoms with Gasteiger partial charge in [0.2, 0.25) is 0 Å². The number of allylic oxidation sites excluding steroid dienone is 5. The van der Waals surface area contributed by atoms with Crippen LogP contribution >= 0.6 is 0 Å². The van der Waals surface area contributed by atoms with E-state index in [4.69, 9.17) is 0 Å². The molecule has 0 atom stereocenters. The Morgan fingerprint density at radius 2 is 1.93 bits per heavy atom. The Morgan fingerprint density at radius 3 is 2.57 bits per heavy atom. The zero-order valence-electron chi connectivity index (χ0n) is 8.83. The van der Waals surface area contributed by atoms with Gasteiger partial charge in [-0.1, -0.05) is 55.1 Å². The molecule has 0 amide bonds. The first-order chi connectivity index (χ1) is 6.75. The molecule has 0 radical (unpaired) electrons. The van der Waals surface area contributed by atoms with Gasteiger partial charge in [0.05, 0.1) is 0 Å². The van der Waals surface area contributed by atoms with Gasteiger partial charge in [0.1, 0.15) is 0 Å². The molecule has 0 aliphatic carbocycles. The molecule has 0 fully saturated rings. The molecule has 0 bridgehead atoms. The van der Waals surface area contributed by atoms with E-state index in [1.165, 1.54) is 16.7 Å². The van der Waals surface area contributed by atoms with Crippen LogP contribution in [0.25, 0.3) is 5.57 Å². The summed E-state index contributed by atoms with van der Waals surface area (Å²) in [5.41, 5.74) is 3.90. The average molecular weight is 184 g/mol. The van der Waals surface area contributed by atoms with Crippen molar-refractivity contribution in [2.75, 3.05) is 0 Å². The smallest absolute Gasteiger partial charge is 0.0198 e. The third kappa shape index (κ3) is 2.74. The van der Waals surface area contributed by atoms with Crippen LogP contribution < -0.4 is 0 Å². The molecule has 0 aliphatic rings. The maximum absolute atomic E-state index is 3.63. The van der Waals surface area contributed by atoms with E-state index in [2.05, 4.69) is 50.8 Å². The molecule has 1 aromatic carbocycles. The van der Waals surface area contributed by atoms with Crippen LogP contribution in [0.3, 0.4) is 0 Å². The van der Waals surface area contributed by atoms with E-state index in [9.17, 15) is 0 Å². The molecule has 14 heavy (non-hydrogen) atoms. The normalized spacial score (nSPS) is 12.0. The molecule has 0 nitrogen and oxygen atoms in total. The molecule has 0 aromatic heterocycles. The highest BCUT2D eigenvalue weighted by Crippen LogP contribution is 2.17. The first-order valence-corrected chi connectivity index (χ1v) is 4.77. The minimum absolute atomic E-state index is 1.28. The van der Waals surface area contributed by atoms with E-state index in [0.717, 1.165) is 0 Å². The van der Waals surface area contributed by atoms with Crippen LogP contribution in [-0.2, 0) is 0 Å². The maximum atomic E-state index is 3.63. The van der Waals surface area contributed by atoms with Crippen molar-refractivity contribution in [1.82, 2.24) is 0 Å². The van der Waals surface area contributed by atoms with E-state index in [1.54, 1.807) is 6.08 Å². The van der Waals surface area contributed by atoms with Crippen LogP contribution in [-0.4, -0.2) is 0 Å². The van der Waals surface area contributed by atoms with Gasteiger partial charge in [-0.2, -0.15) is 0 Å².